The summed E-state index contributed by atoms with van der Waals surface area (Å²) in [5.74, 6) is 0.339. The summed E-state index contributed by atoms with van der Waals surface area (Å²) < 4.78 is 22.8. The van der Waals surface area contributed by atoms with Crippen LogP contribution >= 0.6 is 0 Å². The maximum atomic E-state index is 12.3. The molecule has 0 unspecified atom stereocenters. The summed E-state index contributed by atoms with van der Waals surface area (Å²) in [6, 6.07) is -0.250. The van der Waals surface area contributed by atoms with Gasteiger partial charge in [-0.25, -0.2) is 8.42 Å². The van der Waals surface area contributed by atoms with Crippen LogP contribution < -0.4 is 10.2 Å². The maximum absolute atomic E-state index is 12.3. The first-order chi connectivity index (χ1) is 9.48. The van der Waals surface area contributed by atoms with Crippen molar-refractivity contribution in [3.63, 3.8) is 0 Å². The molecule has 0 saturated carbocycles. The summed E-state index contributed by atoms with van der Waals surface area (Å²) in [6.45, 7) is 4.07. The van der Waals surface area contributed by atoms with Gasteiger partial charge in [0.2, 0.25) is 0 Å². The average molecular weight is 303 g/mol. The normalized spacial score (nSPS) is 29.4. The number of carbonyl (C=O) groups excluding carboxylic acids is 1. The molecule has 0 aromatic carbocycles. The van der Waals surface area contributed by atoms with Gasteiger partial charge in [0.25, 0.3) is 5.91 Å². The average Bonchev–Trinajstić information content (AvgIpc) is 2.67. The second kappa shape index (κ2) is 6.89. The standard InChI is InChI=1S/C14H26N2O3S/c1-12(16-8-5-3-2-4-6-9-16)14(17)15-13-7-10-20(18,19)11-13/h12-13H,2-11H2,1H3,(H,15,17)/p+1/t12-,13-/m0/s1. The van der Waals surface area contributed by atoms with Crippen molar-refractivity contribution in [1.82, 2.24) is 5.32 Å². The van der Waals surface area contributed by atoms with Crippen LogP contribution in [0, 0.1) is 0 Å². The van der Waals surface area contributed by atoms with E-state index in [1.54, 1.807) is 0 Å². The van der Waals surface area contributed by atoms with E-state index in [0.717, 1.165) is 13.1 Å². The number of sulfone groups is 1. The third kappa shape index (κ3) is 4.45. The van der Waals surface area contributed by atoms with Crippen LogP contribution in [-0.4, -0.2) is 51.0 Å². The van der Waals surface area contributed by atoms with Gasteiger partial charge in [-0.1, -0.05) is 6.42 Å². The largest absolute Gasteiger partial charge is 0.347 e. The predicted octanol–water partition coefficient (Wildman–Crippen LogP) is -0.473. The van der Waals surface area contributed by atoms with Gasteiger partial charge in [0.05, 0.1) is 24.6 Å². The molecule has 0 bridgehead atoms. The van der Waals surface area contributed by atoms with Crippen LogP contribution in [0.2, 0.25) is 0 Å². The SMILES string of the molecule is C[C@@H](C(=O)N[C@H]1CCS(=O)(=O)C1)[NH+]1CCCCCCC1. The van der Waals surface area contributed by atoms with Gasteiger partial charge in [-0.05, 0) is 39.0 Å². The van der Waals surface area contributed by atoms with Gasteiger partial charge in [-0.3, -0.25) is 4.79 Å². The molecule has 0 spiro atoms. The fraction of sp³-hybridized carbons (Fsp3) is 0.929. The van der Waals surface area contributed by atoms with Crippen molar-refractivity contribution in [2.45, 2.75) is 57.5 Å². The maximum Gasteiger partial charge on any atom is 0.278 e. The Morgan fingerprint density at radius 1 is 1.15 bits per heavy atom. The summed E-state index contributed by atoms with van der Waals surface area (Å²) in [7, 11) is -2.92. The predicted molar refractivity (Wildman–Crippen MR) is 78.4 cm³/mol. The molecule has 2 N–H and O–H groups in total. The lowest BCUT2D eigenvalue weighted by molar-refractivity contribution is -0.915. The number of amides is 1. The molecule has 2 saturated heterocycles. The zero-order valence-electron chi connectivity index (χ0n) is 12.4. The van der Waals surface area contributed by atoms with Crippen molar-refractivity contribution in [1.29, 1.82) is 0 Å². The van der Waals surface area contributed by atoms with Gasteiger partial charge < -0.3 is 10.2 Å². The zero-order valence-corrected chi connectivity index (χ0v) is 13.2. The second-order valence-electron chi connectivity index (χ2n) is 6.26. The molecule has 2 rings (SSSR count). The minimum Gasteiger partial charge on any atom is -0.347 e. The van der Waals surface area contributed by atoms with E-state index in [1.165, 1.54) is 37.0 Å². The molecule has 5 nitrogen and oxygen atoms in total. The fourth-order valence-corrected chi connectivity index (χ4v) is 4.89. The summed E-state index contributed by atoms with van der Waals surface area (Å²) >= 11 is 0. The lowest BCUT2D eigenvalue weighted by Crippen LogP contribution is -3.16. The number of likely N-dealkylation sites (tertiary alicyclic amines) is 1. The Morgan fingerprint density at radius 3 is 2.30 bits per heavy atom. The molecular formula is C14H27N2O3S+. The topological polar surface area (TPSA) is 67.7 Å². The van der Waals surface area contributed by atoms with Crippen molar-refractivity contribution in [2.24, 2.45) is 0 Å². The number of rotatable bonds is 3. The van der Waals surface area contributed by atoms with Crippen LogP contribution in [0.25, 0.3) is 0 Å². The molecule has 0 aliphatic carbocycles. The lowest BCUT2D eigenvalue weighted by Gasteiger charge is -2.27. The highest BCUT2D eigenvalue weighted by atomic mass is 32.2. The third-order valence-electron chi connectivity index (χ3n) is 4.58. The van der Waals surface area contributed by atoms with E-state index in [9.17, 15) is 13.2 Å². The number of quaternary nitrogens is 1. The first kappa shape index (κ1) is 15.8. The number of carbonyl (C=O) groups is 1. The Labute approximate surface area is 122 Å². The van der Waals surface area contributed by atoms with E-state index >= 15 is 0 Å². The molecule has 2 heterocycles. The number of nitrogens with one attached hydrogen (secondary N) is 2. The Bertz CT molecular complexity index is 428. The van der Waals surface area contributed by atoms with Crippen molar-refractivity contribution in [3.8, 4) is 0 Å². The molecule has 0 radical (unpaired) electrons. The summed E-state index contributed by atoms with van der Waals surface area (Å²) in [5.41, 5.74) is 0. The second-order valence-corrected chi connectivity index (χ2v) is 8.48. The van der Waals surface area contributed by atoms with Crippen LogP contribution in [0.4, 0.5) is 0 Å². The summed E-state index contributed by atoms with van der Waals surface area (Å²) in [5, 5.41) is 2.93. The van der Waals surface area contributed by atoms with E-state index in [-0.39, 0.29) is 29.5 Å². The summed E-state index contributed by atoms with van der Waals surface area (Å²) in [6.07, 6.45) is 6.77. The lowest BCUT2D eigenvalue weighted by atomic mass is 10.1. The highest BCUT2D eigenvalue weighted by Crippen LogP contribution is 2.11. The zero-order chi connectivity index (χ0) is 14.6. The molecule has 20 heavy (non-hydrogen) atoms. The van der Waals surface area contributed by atoms with Crippen LogP contribution in [0.3, 0.4) is 0 Å². The minimum atomic E-state index is -2.92. The smallest absolute Gasteiger partial charge is 0.278 e. The van der Waals surface area contributed by atoms with E-state index in [4.69, 9.17) is 0 Å². The third-order valence-corrected chi connectivity index (χ3v) is 6.35. The fourth-order valence-electron chi connectivity index (χ4n) is 3.21. The first-order valence-corrected chi connectivity index (χ1v) is 9.65. The molecule has 6 heteroatoms. The van der Waals surface area contributed by atoms with E-state index < -0.39 is 9.84 Å². The van der Waals surface area contributed by atoms with Crippen LogP contribution in [0.5, 0.6) is 0 Å². The van der Waals surface area contributed by atoms with Crippen LogP contribution in [0.15, 0.2) is 0 Å². The van der Waals surface area contributed by atoms with Gasteiger partial charge in [0.1, 0.15) is 0 Å². The molecule has 1 amide bonds. The molecule has 2 fully saturated rings. The Balaban J connectivity index is 1.84. The molecule has 2 aliphatic rings. The van der Waals surface area contributed by atoms with Crippen molar-refractivity contribution >= 4 is 15.7 Å². The van der Waals surface area contributed by atoms with Crippen molar-refractivity contribution in [3.05, 3.63) is 0 Å². The highest BCUT2D eigenvalue weighted by molar-refractivity contribution is 7.91. The van der Waals surface area contributed by atoms with Crippen LogP contribution in [-0.2, 0) is 14.6 Å². The molecular weight excluding hydrogens is 276 g/mol. The Hall–Kier alpha value is -0.620. The molecule has 116 valence electrons. The molecule has 0 aromatic rings. The first-order valence-electron chi connectivity index (χ1n) is 7.83. The van der Waals surface area contributed by atoms with E-state index in [2.05, 4.69) is 5.32 Å². The van der Waals surface area contributed by atoms with Gasteiger partial charge in [0, 0.05) is 6.04 Å². The monoisotopic (exact) mass is 303 g/mol. The highest BCUT2D eigenvalue weighted by Gasteiger charge is 2.32. The van der Waals surface area contributed by atoms with Gasteiger partial charge in [0.15, 0.2) is 15.9 Å². The van der Waals surface area contributed by atoms with Gasteiger partial charge in [-0.2, -0.15) is 0 Å². The molecule has 0 aromatic heterocycles. The van der Waals surface area contributed by atoms with E-state index in [1.807, 2.05) is 6.92 Å². The van der Waals surface area contributed by atoms with E-state index in [0.29, 0.717) is 6.42 Å². The number of hydrogen-bond donors (Lipinski definition) is 2. The summed E-state index contributed by atoms with van der Waals surface area (Å²) in [4.78, 5) is 13.6. The Kier molecular flexibility index (Phi) is 5.43. The van der Waals surface area contributed by atoms with Crippen LogP contribution in [0.1, 0.15) is 45.4 Å². The van der Waals surface area contributed by atoms with Gasteiger partial charge in [-0.15, -0.1) is 0 Å². The van der Waals surface area contributed by atoms with Gasteiger partial charge >= 0.3 is 0 Å². The molecule has 2 aliphatic heterocycles. The van der Waals surface area contributed by atoms with Crippen molar-refractivity contribution < 1.29 is 18.1 Å². The minimum absolute atomic E-state index is 0.0164. The molecule has 2 atom stereocenters. The quantitative estimate of drug-likeness (QED) is 0.740. The Morgan fingerprint density at radius 2 is 1.75 bits per heavy atom. The number of hydrogen-bond acceptors (Lipinski definition) is 3. The van der Waals surface area contributed by atoms with Crippen molar-refractivity contribution in [2.75, 3.05) is 24.6 Å².